The van der Waals surface area contributed by atoms with Crippen LogP contribution < -0.4 is 11.1 Å². The Morgan fingerprint density at radius 2 is 2.10 bits per heavy atom. The predicted octanol–water partition coefficient (Wildman–Crippen LogP) is 0.641. The van der Waals surface area contributed by atoms with Gasteiger partial charge in [0.05, 0.1) is 12.3 Å². The number of halogens is 2. The van der Waals surface area contributed by atoms with Crippen molar-refractivity contribution in [2.75, 3.05) is 17.6 Å². The summed E-state index contributed by atoms with van der Waals surface area (Å²) in [5.41, 5.74) is 4.92. The maximum absolute atomic E-state index is 13.4. The van der Waals surface area contributed by atoms with Crippen LogP contribution in [0.15, 0.2) is 23.4 Å². The summed E-state index contributed by atoms with van der Waals surface area (Å²) in [6.45, 7) is 0.768. The molecular weight excluding hydrogens is 302 g/mol. The molecule has 2 aromatic rings. The number of aromatic nitrogens is 4. The van der Waals surface area contributed by atoms with Crippen molar-refractivity contribution in [3.05, 3.63) is 29.8 Å². The molecule has 0 aliphatic heterocycles. The van der Waals surface area contributed by atoms with Crippen LogP contribution >= 0.6 is 11.8 Å². The number of amides is 1. The molecule has 0 atom stereocenters. The van der Waals surface area contributed by atoms with Crippen molar-refractivity contribution in [1.82, 2.24) is 20.2 Å². The first-order chi connectivity index (χ1) is 10.1. The van der Waals surface area contributed by atoms with Gasteiger partial charge in [-0.3, -0.25) is 4.79 Å². The van der Waals surface area contributed by atoms with Gasteiger partial charge in [-0.25, -0.2) is 13.5 Å². The summed E-state index contributed by atoms with van der Waals surface area (Å²) >= 11 is 1.05. The average Bonchev–Trinajstić information content (AvgIpc) is 2.89. The molecule has 2 rings (SSSR count). The molecular formula is C11H12F2N6OS. The van der Waals surface area contributed by atoms with Gasteiger partial charge in [0.2, 0.25) is 11.1 Å². The number of carbonyl (C=O) groups excluding carboxylic acids is 1. The molecule has 0 unspecified atom stereocenters. The third-order valence-corrected chi connectivity index (χ3v) is 3.36. The topological polar surface area (TPSA) is 98.7 Å². The highest BCUT2D eigenvalue weighted by Gasteiger charge is 2.14. The maximum atomic E-state index is 13.4. The summed E-state index contributed by atoms with van der Waals surface area (Å²) in [5.74, 6) is -2.31. The molecule has 7 nitrogen and oxygen atoms in total. The maximum Gasteiger partial charge on any atom is 0.235 e. The van der Waals surface area contributed by atoms with E-state index in [2.05, 4.69) is 20.8 Å². The van der Waals surface area contributed by atoms with Crippen LogP contribution in [0.2, 0.25) is 0 Å². The van der Waals surface area contributed by atoms with Crippen molar-refractivity contribution in [3.63, 3.8) is 0 Å². The number of nitrogens with zero attached hydrogens (tertiary/aromatic N) is 4. The Kier molecular flexibility index (Phi) is 5.17. The van der Waals surface area contributed by atoms with E-state index in [1.165, 1.54) is 10.7 Å². The van der Waals surface area contributed by atoms with Crippen molar-refractivity contribution in [2.24, 2.45) is 5.73 Å². The number of anilines is 1. The van der Waals surface area contributed by atoms with E-state index >= 15 is 0 Å². The van der Waals surface area contributed by atoms with Gasteiger partial charge < -0.3 is 11.1 Å². The van der Waals surface area contributed by atoms with Crippen LogP contribution in [0.3, 0.4) is 0 Å². The zero-order chi connectivity index (χ0) is 15.2. The highest BCUT2D eigenvalue weighted by atomic mass is 32.2. The Balaban J connectivity index is 1.95. The van der Waals surface area contributed by atoms with E-state index in [-0.39, 0.29) is 5.75 Å². The molecule has 0 spiro atoms. The van der Waals surface area contributed by atoms with E-state index in [1.807, 2.05) is 0 Å². The molecule has 0 bridgehead atoms. The summed E-state index contributed by atoms with van der Waals surface area (Å²) in [6.07, 6.45) is 0. The number of nitrogens with one attached hydrogen (secondary N) is 1. The lowest BCUT2D eigenvalue weighted by molar-refractivity contribution is -0.113. The minimum Gasteiger partial charge on any atom is -0.329 e. The number of tetrazole rings is 1. The highest BCUT2D eigenvalue weighted by Crippen LogP contribution is 2.19. The van der Waals surface area contributed by atoms with Gasteiger partial charge in [-0.1, -0.05) is 17.8 Å². The Morgan fingerprint density at radius 3 is 2.76 bits per heavy atom. The quantitative estimate of drug-likeness (QED) is 0.759. The van der Waals surface area contributed by atoms with Crippen molar-refractivity contribution in [1.29, 1.82) is 0 Å². The fourth-order valence-corrected chi connectivity index (χ4v) is 2.19. The molecule has 1 aromatic heterocycles. The molecule has 21 heavy (non-hydrogen) atoms. The molecule has 1 amide bonds. The van der Waals surface area contributed by atoms with Gasteiger partial charge in [0.15, 0.2) is 0 Å². The first-order valence-corrected chi connectivity index (χ1v) is 6.93. The molecule has 3 N–H and O–H groups in total. The number of hydrogen-bond acceptors (Lipinski definition) is 6. The summed E-state index contributed by atoms with van der Waals surface area (Å²) in [7, 11) is 0. The molecule has 1 aromatic carbocycles. The van der Waals surface area contributed by atoms with Crippen molar-refractivity contribution < 1.29 is 13.6 Å². The normalized spacial score (nSPS) is 10.6. The van der Waals surface area contributed by atoms with Crippen LogP contribution in [-0.4, -0.2) is 38.4 Å². The average molecular weight is 314 g/mol. The molecule has 0 radical (unpaired) electrons. The van der Waals surface area contributed by atoms with Gasteiger partial charge in [-0.15, -0.1) is 5.10 Å². The lowest BCUT2D eigenvalue weighted by Crippen LogP contribution is -2.17. The Bertz CT molecular complexity index is 615. The molecule has 0 aliphatic rings. The van der Waals surface area contributed by atoms with Crippen LogP contribution in [0.1, 0.15) is 0 Å². The summed E-state index contributed by atoms with van der Waals surface area (Å²) in [6, 6.07) is 3.34. The van der Waals surface area contributed by atoms with Gasteiger partial charge in [0.25, 0.3) is 0 Å². The Hall–Kier alpha value is -2.07. The lowest BCUT2D eigenvalue weighted by Gasteiger charge is -2.07. The number of hydrogen-bond donors (Lipinski definition) is 2. The second kappa shape index (κ2) is 7.09. The summed E-state index contributed by atoms with van der Waals surface area (Å²) in [4.78, 5) is 11.7. The van der Waals surface area contributed by atoms with Crippen LogP contribution in [0.5, 0.6) is 0 Å². The van der Waals surface area contributed by atoms with E-state index in [9.17, 15) is 13.6 Å². The number of rotatable bonds is 6. The summed E-state index contributed by atoms with van der Waals surface area (Å²) < 4.78 is 28.2. The minimum atomic E-state index is -0.832. The number of carbonyl (C=O) groups is 1. The zero-order valence-corrected chi connectivity index (χ0v) is 11.6. The number of benzene rings is 1. The number of para-hydroxylation sites is 1. The van der Waals surface area contributed by atoms with Gasteiger partial charge in [0.1, 0.15) is 17.3 Å². The van der Waals surface area contributed by atoms with Crippen molar-refractivity contribution in [2.45, 2.75) is 11.7 Å². The first-order valence-electron chi connectivity index (χ1n) is 5.94. The molecule has 10 heteroatoms. The predicted molar refractivity (Wildman–Crippen MR) is 72.6 cm³/mol. The van der Waals surface area contributed by atoms with Crippen LogP contribution in [0.25, 0.3) is 0 Å². The highest BCUT2D eigenvalue weighted by molar-refractivity contribution is 7.99. The lowest BCUT2D eigenvalue weighted by atomic mass is 10.3. The molecule has 0 saturated heterocycles. The van der Waals surface area contributed by atoms with Crippen LogP contribution in [-0.2, 0) is 11.3 Å². The molecule has 0 saturated carbocycles. The van der Waals surface area contributed by atoms with E-state index in [4.69, 9.17) is 5.73 Å². The van der Waals surface area contributed by atoms with Crippen LogP contribution in [0.4, 0.5) is 14.5 Å². The SMILES string of the molecule is NCCn1nnnc1SCC(=O)Nc1c(F)cccc1F. The standard InChI is InChI=1S/C11H12F2N6OS/c12-7-2-1-3-8(13)10(7)15-9(20)6-21-11-16-17-18-19(11)5-4-14/h1-3H,4-6,14H2,(H,15,20). The smallest absolute Gasteiger partial charge is 0.235 e. The van der Waals surface area contributed by atoms with Crippen molar-refractivity contribution in [3.8, 4) is 0 Å². The first kappa shape index (κ1) is 15.3. The van der Waals surface area contributed by atoms with Gasteiger partial charge in [-0.2, -0.15) is 0 Å². The molecule has 0 fully saturated rings. The number of thioether (sulfide) groups is 1. The Labute approximate surface area is 122 Å². The fraction of sp³-hybridized carbons (Fsp3) is 0.273. The van der Waals surface area contributed by atoms with Crippen molar-refractivity contribution >= 4 is 23.4 Å². The summed E-state index contributed by atoms with van der Waals surface area (Å²) in [5, 5.41) is 13.5. The van der Waals surface area contributed by atoms with E-state index in [0.717, 1.165) is 23.9 Å². The number of nitrogens with two attached hydrogens (primary N) is 1. The molecule has 112 valence electrons. The van der Waals surface area contributed by atoms with Gasteiger partial charge in [-0.05, 0) is 22.6 Å². The monoisotopic (exact) mass is 314 g/mol. The molecule has 1 heterocycles. The third-order valence-electron chi connectivity index (χ3n) is 2.40. The minimum absolute atomic E-state index is 0.0846. The second-order valence-electron chi connectivity index (χ2n) is 3.91. The van der Waals surface area contributed by atoms with E-state index in [0.29, 0.717) is 18.2 Å². The largest absolute Gasteiger partial charge is 0.329 e. The van der Waals surface area contributed by atoms with E-state index in [1.54, 1.807) is 0 Å². The molecule has 0 aliphatic carbocycles. The van der Waals surface area contributed by atoms with Crippen LogP contribution in [0, 0.1) is 11.6 Å². The Morgan fingerprint density at radius 1 is 1.38 bits per heavy atom. The van der Waals surface area contributed by atoms with E-state index < -0.39 is 23.2 Å². The van der Waals surface area contributed by atoms with Gasteiger partial charge in [0, 0.05) is 6.54 Å². The third kappa shape index (κ3) is 3.95. The second-order valence-corrected chi connectivity index (χ2v) is 4.85. The van der Waals surface area contributed by atoms with Gasteiger partial charge >= 0.3 is 0 Å². The zero-order valence-electron chi connectivity index (χ0n) is 10.8. The fourth-order valence-electron chi connectivity index (χ4n) is 1.49.